The van der Waals surface area contributed by atoms with E-state index in [-0.39, 0.29) is 5.60 Å². The van der Waals surface area contributed by atoms with Crippen LogP contribution in [0.1, 0.15) is 38.5 Å². The summed E-state index contributed by atoms with van der Waals surface area (Å²) in [6, 6.07) is 5.88. The maximum Gasteiger partial charge on any atom is 0.0756 e. The number of hydrogen-bond donors (Lipinski definition) is 1. The second kappa shape index (κ2) is 5.63. The summed E-state index contributed by atoms with van der Waals surface area (Å²) in [5.74, 6) is 0. The quantitative estimate of drug-likeness (QED) is 0.832. The molecule has 2 nitrogen and oxygen atoms in total. The van der Waals surface area contributed by atoms with E-state index in [0.29, 0.717) is 6.10 Å². The molecular weight excluding hydrogens is 326 g/mol. The Labute approximate surface area is 128 Å². The molecule has 0 bridgehead atoms. The lowest BCUT2D eigenvalue weighted by molar-refractivity contribution is -0.0307. The second-order valence-corrected chi connectivity index (χ2v) is 6.85. The molecule has 1 aromatic rings. The maximum atomic E-state index is 6.29. The van der Waals surface area contributed by atoms with Crippen LogP contribution in [0.3, 0.4) is 0 Å². The van der Waals surface area contributed by atoms with Gasteiger partial charge < -0.3 is 10.1 Å². The Morgan fingerprint density at radius 2 is 2.11 bits per heavy atom. The zero-order chi connectivity index (χ0) is 13.3. The van der Waals surface area contributed by atoms with Crippen molar-refractivity contribution >= 4 is 33.2 Å². The Kier molecular flexibility index (Phi) is 4.06. The molecule has 1 spiro atoms. The first kappa shape index (κ1) is 13.7. The first-order valence-corrected chi connectivity index (χ1v) is 8.21. The normalized spacial score (nSPS) is 25.1. The third kappa shape index (κ3) is 2.93. The van der Waals surface area contributed by atoms with Crippen LogP contribution in [-0.2, 0) is 4.74 Å². The first-order chi connectivity index (χ1) is 9.19. The Balaban J connectivity index is 1.57. The van der Waals surface area contributed by atoms with E-state index in [0.717, 1.165) is 21.7 Å². The molecule has 1 unspecified atom stereocenters. The number of ether oxygens (including phenoxy) is 1. The highest BCUT2D eigenvalue weighted by atomic mass is 79.9. The smallest absolute Gasteiger partial charge is 0.0756 e. The number of hydrogen-bond acceptors (Lipinski definition) is 2. The van der Waals surface area contributed by atoms with Crippen LogP contribution in [0.5, 0.6) is 0 Å². The van der Waals surface area contributed by atoms with Crippen molar-refractivity contribution in [3.63, 3.8) is 0 Å². The molecule has 19 heavy (non-hydrogen) atoms. The maximum absolute atomic E-state index is 6.29. The molecule has 3 rings (SSSR count). The van der Waals surface area contributed by atoms with Crippen molar-refractivity contribution in [1.29, 1.82) is 0 Å². The Hall–Kier alpha value is -0.250. The molecule has 1 N–H and O–H groups in total. The number of benzene rings is 1. The fraction of sp³-hybridized carbons (Fsp3) is 0.600. The minimum Gasteiger partial charge on any atom is -0.381 e. The molecule has 0 aromatic heterocycles. The van der Waals surface area contributed by atoms with Gasteiger partial charge in [-0.3, -0.25) is 0 Å². The third-order valence-corrected chi connectivity index (χ3v) is 5.72. The molecule has 1 aromatic carbocycles. The lowest BCUT2D eigenvalue weighted by Gasteiger charge is -2.24. The number of anilines is 1. The predicted octanol–water partition coefficient (Wildman–Crippen LogP) is 5.01. The summed E-state index contributed by atoms with van der Waals surface area (Å²) in [5.41, 5.74) is 1.27. The van der Waals surface area contributed by atoms with Gasteiger partial charge in [0.2, 0.25) is 0 Å². The Morgan fingerprint density at radius 3 is 2.89 bits per heavy atom. The van der Waals surface area contributed by atoms with E-state index in [2.05, 4.69) is 21.2 Å². The first-order valence-electron chi connectivity index (χ1n) is 7.04. The largest absolute Gasteiger partial charge is 0.381 e. The van der Waals surface area contributed by atoms with Crippen LogP contribution in [0.2, 0.25) is 5.02 Å². The van der Waals surface area contributed by atoms with E-state index in [1.807, 2.05) is 18.2 Å². The van der Waals surface area contributed by atoms with Gasteiger partial charge in [-0.2, -0.15) is 0 Å². The lowest BCUT2D eigenvalue weighted by atomic mass is 9.98. The van der Waals surface area contributed by atoms with Crippen molar-refractivity contribution in [1.82, 2.24) is 0 Å². The third-order valence-electron chi connectivity index (χ3n) is 4.33. The lowest BCUT2D eigenvalue weighted by Crippen LogP contribution is -2.27. The summed E-state index contributed by atoms with van der Waals surface area (Å²) in [4.78, 5) is 0. The fourth-order valence-corrected chi connectivity index (χ4v) is 3.87. The minimum atomic E-state index is 0.220. The molecule has 1 aliphatic heterocycles. The Morgan fingerprint density at radius 1 is 1.32 bits per heavy atom. The highest BCUT2D eigenvalue weighted by molar-refractivity contribution is 9.10. The molecule has 2 aliphatic rings. The van der Waals surface area contributed by atoms with Gasteiger partial charge in [0.1, 0.15) is 0 Å². The molecule has 0 amide bonds. The Bertz CT molecular complexity index is 459. The summed E-state index contributed by atoms with van der Waals surface area (Å²) in [7, 11) is 0. The van der Waals surface area contributed by atoms with Gasteiger partial charge >= 0.3 is 0 Å². The van der Waals surface area contributed by atoms with E-state index in [9.17, 15) is 0 Å². The van der Waals surface area contributed by atoms with Gasteiger partial charge in [0.05, 0.1) is 26.9 Å². The van der Waals surface area contributed by atoms with Crippen LogP contribution in [0, 0.1) is 0 Å². The summed E-state index contributed by atoms with van der Waals surface area (Å²) >= 11 is 9.60. The summed E-state index contributed by atoms with van der Waals surface area (Å²) < 4.78 is 7.23. The summed E-state index contributed by atoms with van der Waals surface area (Å²) in [6.07, 6.45) is 7.92. The molecule has 1 saturated heterocycles. The molecule has 4 heteroatoms. The van der Waals surface area contributed by atoms with E-state index in [1.54, 1.807) is 0 Å². The van der Waals surface area contributed by atoms with Crippen LogP contribution in [0.25, 0.3) is 0 Å². The van der Waals surface area contributed by atoms with E-state index in [1.165, 1.54) is 38.5 Å². The molecule has 0 radical (unpaired) electrons. The van der Waals surface area contributed by atoms with Crippen LogP contribution in [-0.4, -0.2) is 18.2 Å². The number of nitrogens with one attached hydrogen (secondary N) is 1. The standard InChI is InChI=1S/C15H19BrClNO/c16-14-12(17)4-3-5-13(14)18-10-11-6-9-15(19-11)7-1-2-8-15/h3-5,11,18H,1-2,6-10H2. The van der Waals surface area contributed by atoms with Crippen molar-refractivity contribution < 1.29 is 4.74 Å². The van der Waals surface area contributed by atoms with Gasteiger partial charge in [-0.1, -0.05) is 30.5 Å². The molecular formula is C15H19BrClNO. The van der Waals surface area contributed by atoms with Gasteiger partial charge in [0, 0.05) is 6.54 Å². The molecule has 1 saturated carbocycles. The summed E-state index contributed by atoms with van der Waals surface area (Å²) in [5, 5.41) is 4.19. The molecule has 2 fully saturated rings. The zero-order valence-electron chi connectivity index (χ0n) is 10.9. The van der Waals surface area contributed by atoms with Gasteiger partial charge in [-0.05, 0) is 53.7 Å². The topological polar surface area (TPSA) is 21.3 Å². The highest BCUT2D eigenvalue weighted by Gasteiger charge is 2.41. The van der Waals surface area contributed by atoms with Crippen LogP contribution >= 0.6 is 27.5 Å². The molecule has 1 aliphatic carbocycles. The SMILES string of the molecule is Clc1cccc(NCC2CCC3(CCCC3)O2)c1Br. The molecule has 1 heterocycles. The van der Waals surface area contributed by atoms with Crippen molar-refractivity contribution in [2.45, 2.75) is 50.2 Å². The van der Waals surface area contributed by atoms with Gasteiger partial charge in [-0.25, -0.2) is 0 Å². The second-order valence-electron chi connectivity index (χ2n) is 5.65. The van der Waals surface area contributed by atoms with Crippen LogP contribution < -0.4 is 5.32 Å². The van der Waals surface area contributed by atoms with Crippen molar-refractivity contribution in [2.24, 2.45) is 0 Å². The van der Waals surface area contributed by atoms with Crippen LogP contribution in [0.4, 0.5) is 5.69 Å². The van der Waals surface area contributed by atoms with E-state index in [4.69, 9.17) is 16.3 Å². The number of halogens is 2. The molecule has 1 atom stereocenters. The fourth-order valence-electron chi connectivity index (χ4n) is 3.29. The summed E-state index contributed by atoms with van der Waals surface area (Å²) in [6.45, 7) is 0.862. The van der Waals surface area contributed by atoms with Crippen molar-refractivity contribution in [3.05, 3.63) is 27.7 Å². The predicted molar refractivity (Wildman–Crippen MR) is 82.9 cm³/mol. The van der Waals surface area contributed by atoms with E-state index < -0.39 is 0 Å². The van der Waals surface area contributed by atoms with Crippen molar-refractivity contribution in [2.75, 3.05) is 11.9 Å². The van der Waals surface area contributed by atoms with E-state index >= 15 is 0 Å². The zero-order valence-corrected chi connectivity index (χ0v) is 13.3. The van der Waals surface area contributed by atoms with Crippen LogP contribution in [0.15, 0.2) is 22.7 Å². The average Bonchev–Trinajstić information content (AvgIpc) is 3.02. The minimum absolute atomic E-state index is 0.220. The number of rotatable bonds is 3. The molecule has 104 valence electrons. The van der Waals surface area contributed by atoms with Crippen molar-refractivity contribution in [3.8, 4) is 0 Å². The van der Waals surface area contributed by atoms with Gasteiger partial charge in [0.25, 0.3) is 0 Å². The van der Waals surface area contributed by atoms with Gasteiger partial charge in [0.15, 0.2) is 0 Å². The highest BCUT2D eigenvalue weighted by Crippen LogP contribution is 2.43. The average molecular weight is 345 g/mol. The monoisotopic (exact) mass is 343 g/mol. The van der Waals surface area contributed by atoms with Gasteiger partial charge in [-0.15, -0.1) is 0 Å².